The van der Waals surface area contributed by atoms with Gasteiger partial charge in [-0.25, -0.2) is 13.8 Å². The number of benzene rings is 2. The van der Waals surface area contributed by atoms with Crippen LogP contribution >= 0.6 is 11.8 Å². The lowest BCUT2D eigenvalue weighted by molar-refractivity contribution is -0.122. The summed E-state index contributed by atoms with van der Waals surface area (Å²) in [4.78, 5) is 28.5. The molecular weight excluding hydrogens is 376 g/mol. The molecule has 0 bridgehead atoms. The summed E-state index contributed by atoms with van der Waals surface area (Å²) in [6.45, 7) is 0. The Morgan fingerprint density at radius 3 is 2.85 bits per heavy atom. The van der Waals surface area contributed by atoms with Crippen molar-refractivity contribution in [2.75, 3.05) is 12.4 Å². The normalized spacial score (nSPS) is 17.7. The highest BCUT2D eigenvalue weighted by atomic mass is 32.2. The van der Waals surface area contributed by atoms with Crippen LogP contribution in [0.15, 0.2) is 47.5 Å². The van der Waals surface area contributed by atoms with Crippen molar-refractivity contribution < 1.29 is 23.1 Å². The predicted octanol–water partition coefficient (Wildman–Crippen LogP) is 3.22. The molecule has 140 valence electrons. The average molecular weight is 391 g/mol. The number of anilines is 1. The van der Waals surface area contributed by atoms with Crippen LogP contribution in [-0.2, 0) is 9.59 Å². The summed E-state index contributed by atoms with van der Waals surface area (Å²) in [6, 6.07) is 9.82. The summed E-state index contributed by atoms with van der Waals surface area (Å²) in [7, 11) is 1.54. The van der Waals surface area contributed by atoms with Gasteiger partial charge in [-0.15, -0.1) is 0 Å². The number of hydrogen-bond acceptors (Lipinski definition) is 5. The van der Waals surface area contributed by atoms with E-state index < -0.39 is 22.8 Å². The maximum Gasteiger partial charge on any atom is 0.240 e. The number of aliphatic imine (C=N–C) groups is 1. The Kier molecular flexibility index (Phi) is 5.70. The molecule has 0 aliphatic carbocycles. The molecule has 0 unspecified atom stereocenters. The number of thioether (sulfide) groups is 1. The lowest BCUT2D eigenvalue weighted by Crippen LogP contribution is -2.28. The molecule has 2 aromatic carbocycles. The van der Waals surface area contributed by atoms with E-state index >= 15 is 0 Å². The molecule has 0 aromatic heterocycles. The van der Waals surface area contributed by atoms with Gasteiger partial charge < -0.3 is 15.4 Å². The number of nitrogens with zero attached hydrogens (tertiary/aromatic N) is 1. The van der Waals surface area contributed by atoms with Gasteiger partial charge in [-0.2, -0.15) is 0 Å². The quantitative estimate of drug-likeness (QED) is 0.820. The standard InChI is InChI=1S/C18H15F2N3O3S/c1-26-12-4-2-3-11(8-12)21-18-23-17(25)15(27-18)9-16(24)22-14-6-5-10(19)7-13(14)20/h2-8,15H,9H2,1H3,(H,22,24)(H,21,23,25)/t15-/m0/s1. The molecule has 3 rings (SSSR count). The van der Waals surface area contributed by atoms with E-state index in [1.165, 1.54) is 7.11 Å². The van der Waals surface area contributed by atoms with Gasteiger partial charge in [-0.3, -0.25) is 9.59 Å². The van der Waals surface area contributed by atoms with Crippen molar-refractivity contribution in [2.45, 2.75) is 11.7 Å². The lowest BCUT2D eigenvalue weighted by atomic mass is 10.2. The van der Waals surface area contributed by atoms with Crippen molar-refractivity contribution in [1.29, 1.82) is 0 Å². The first-order valence-corrected chi connectivity index (χ1v) is 8.78. The van der Waals surface area contributed by atoms with Gasteiger partial charge in [0, 0.05) is 18.6 Å². The third kappa shape index (κ3) is 4.82. The average Bonchev–Trinajstić information content (AvgIpc) is 2.96. The van der Waals surface area contributed by atoms with Crippen molar-refractivity contribution in [2.24, 2.45) is 4.99 Å². The fourth-order valence-electron chi connectivity index (χ4n) is 2.35. The smallest absolute Gasteiger partial charge is 0.240 e. The molecule has 1 aliphatic rings. The van der Waals surface area contributed by atoms with Gasteiger partial charge in [0.15, 0.2) is 5.17 Å². The largest absolute Gasteiger partial charge is 0.497 e. The van der Waals surface area contributed by atoms with Crippen molar-refractivity contribution in [3.63, 3.8) is 0 Å². The van der Waals surface area contributed by atoms with E-state index in [9.17, 15) is 18.4 Å². The molecule has 1 atom stereocenters. The Labute approximate surface area is 158 Å². The molecule has 6 nitrogen and oxygen atoms in total. The molecule has 1 saturated heterocycles. The minimum absolute atomic E-state index is 0.143. The van der Waals surface area contributed by atoms with E-state index in [2.05, 4.69) is 15.6 Å². The molecule has 9 heteroatoms. The van der Waals surface area contributed by atoms with E-state index in [1.54, 1.807) is 24.3 Å². The van der Waals surface area contributed by atoms with E-state index in [0.717, 1.165) is 23.9 Å². The van der Waals surface area contributed by atoms with Gasteiger partial charge in [-0.1, -0.05) is 17.8 Å². The number of carbonyl (C=O) groups is 2. The second-order valence-corrected chi connectivity index (χ2v) is 6.78. The van der Waals surface area contributed by atoms with Crippen LogP contribution in [0, 0.1) is 11.6 Å². The molecule has 1 aliphatic heterocycles. The zero-order chi connectivity index (χ0) is 19.4. The number of nitrogens with one attached hydrogen (secondary N) is 2. The van der Waals surface area contributed by atoms with Crippen molar-refractivity contribution in [1.82, 2.24) is 5.32 Å². The van der Waals surface area contributed by atoms with Gasteiger partial charge in [0.1, 0.15) is 22.6 Å². The number of hydrogen-bond donors (Lipinski definition) is 2. The Hall–Kier alpha value is -2.94. The Morgan fingerprint density at radius 2 is 2.11 bits per heavy atom. The van der Waals surface area contributed by atoms with Gasteiger partial charge >= 0.3 is 0 Å². The van der Waals surface area contributed by atoms with Gasteiger partial charge in [0.05, 0.1) is 18.5 Å². The number of amidine groups is 1. The lowest BCUT2D eigenvalue weighted by Gasteiger charge is -2.08. The third-order valence-corrected chi connectivity index (χ3v) is 4.72. The van der Waals surface area contributed by atoms with Crippen molar-refractivity contribution in [3.05, 3.63) is 54.1 Å². The number of halogens is 2. The zero-order valence-corrected chi connectivity index (χ0v) is 15.0. The van der Waals surface area contributed by atoms with E-state index in [1.807, 2.05) is 0 Å². The monoisotopic (exact) mass is 391 g/mol. The van der Waals surface area contributed by atoms with E-state index in [0.29, 0.717) is 22.7 Å². The summed E-state index contributed by atoms with van der Waals surface area (Å²) in [5.74, 6) is -1.92. The Morgan fingerprint density at radius 1 is 1.30 bits per heavy atom. The highest BCUT2D eigenvalue weighted by molar-refractivity contribution is 8.15. The fourth-order valence-corrected chi connectivity index (χ4v) is 3.34. The fraction of sp³-hybridized carbons (Fsp3) is 0.167. The molecule has 1 fully saturated rings. The van der Waals surface area contributed by atoms with Crippen LogP contribution in [0.3, 0.4) is 0 Å². The first-order valence-electron chi connectivity index (χ1n) is 7.90. The van der Waals surface area contributed by atoms with Crippen molar-refractivity contribution >= 4 is 40.1 Å². The van der Waals surface area contributed by atoms with Gasteiger partial charge in [0.2, 0.25) is 11.8 Å². The predicted molar refractivity (Wildman–Crippen MR) is 99.2 cm³/mol. The number of rotatable bonds is 5. The molecule has 1 heterocycles. The van der Waals surface area contributed by atoms with Crippen molar-refractivity contribution in [3.8, 4) is 5.75 Å². The number of methoxy groups -OCH3 is 1. The maximum atomic E-state index is 13.6. The molecule has 0 saturated carbocycles. The molecule has 2 aromatic rings. The summed E-state index contributed by atoms with van der Waals surface area (Å²) in [5.41, 5.74) is 0.450. The van der Waals surface area contributed by atoms with Crippen LogP contribution in [0.5, 0.6) is 5.75 Å². The molecule has 2 N–H and O–H groups in total. The van der Waals surface area contributed by atoms with Gasteiger partial charge in [0.25, 0.3) is 0 Å². The number of amides is 2. The summed E-state index contributed by atoms with van der Waals surface area (Å²) >= 11 is 1.11. The first kappa shape index (κ1) is 18.8. The second kappa shape index (κ2) is 8.17. The highest BCUT2D eigenvalue weighted by Gasteiger charge is 2.32. The molecule has 27 heavy (non-hydrogen) atoms. The van der Waals surface area contributed by atoms with Crippen LogP contribution < -0.4 is 15.4 Å². The topological polar surface area (TPSA) is 79.8 Å². The summed E-state index contributed by atoms with van der Waals surface area (Å²) < 4.78 is 31.6. The molecular formula is C18H15F2N3O3S. The van der Waals surface area contributed by atoms with Gasteiger partial charge in [-0.05, 0) is 24.3 Å². The van der Waals surface area contributed by atoms with Crippen LogP contribution in [-0.4, -0.2) is 29.3 Å². The first-order chi connectivity index (χ1) is 12.9. The molecule has 0 spiro atoms. The minimum Gasteiger partial charge on any atom is -0.497 e. The van der Waals surface area contributed by atoms with Crippen LogP contribution in [0.4, 0.5) is 20.2 Å². The summed E-state index contributed by atoms with van der Waals surface area (Å²) in [5, 5.41) is 4.61. The highest BCUT2D eigenvalue weighted by Crippen LogP contribution is 2.27. The Balaban J connectivity index is 1.63. The SMILES string of the molecule is COc1cccc(N=C2NC(=O)[C@H](CC(=O)Nc3ccc(F)cc3F)S2)c1. The number of ether oxygens (including phenoxy) is 1. The third-order valence-electron chi connectivity index (χ3n) is 3.64. The van der Waals surface area contributed by atoms with Crippen LogP contribution in [0.25, 0.3) is 0 Å². The summed E-state index contributed by atoms with van der Waals surface area (Å²) in [6.07, 6.45) is -0.176. The zero-order valence-electron chi connectivity index (χ0n) is 14.2. The second-order valence-electron chi connectivity index (χ2n) is 5.59. The van der Waals surface area contributed by atoms with Crippen LogP contribution in [0.1, 0.15) is 6.42 Å². The molecule has 2 amide bonds. The van der Waals surface area contributed by atoms with E-state index in [-0.39, 0.29) is 18.0 Å². The molecule has 0 radical (unpaired) electrons. The number of carbonyl (C=O) groups excluding carboxylic acids is 2. The minimum atomic E-state index is -0.882. The Bertz CT molecular complexity index is 920. The maximum absolute atomic E-state index is 13.6. The van der Waals surface area contributed by atoms with E-state index in [4.69, 9.17) is 4.74 Å². The van der Waals surface area contributed by atoms with Crippen LogP contribution in [0.2, 0.25) is 0 Å².